The van der Waals surface area contributed by atoms with Crippen molar-refractivity contribution in [1.82, 2.24) is 14.9 Å². The molecule has 0 saturated carbocycles. The smallest absolute Gasteiger partial charge is 0.321 e. The molecule has 2 amide bonds. The summed E-state index contributed by atoms with van der Waals surface area (Å²) < 4.78 is 13.5. The number of hydrogen-bond acceptors (Lipinski definition) is 5. The molecular formula is C15H20FN5OS. The average Bonchev–Trinajstić information content (AvgIpc) is 2.84. The van der Waals surface area contributed by atoms with Gasteiger partial charge in [-0.3, -0.25) is 4.98 Å². The first-order chi connectivity index (χ1) is 11.0. The van der Waals surface area contributed by atoms with Crippen LogP contribution < -0.4 is 10.6 Å². The molecule has 23 heavy (non-hydrogen) atoms. The van der Waals surface area contributed by atoms with Crippen molar-refractivity contribution in [3.05, 3.63) is 34.8 Å². The Morgan fingerprint density at radius 2 is 2.22 bits per heavy atom. The Kier molecular flexibility index (Phi) is 5.86. The Bertz CT molecular complexity index is 656. The molecule has 0 aliphatic carbocycles. The summed E-state index contributed by atoms with van der Waals surface area (Å²) in [5, 5.41) is 6.60. The first kappa shape index (κ1) is 17.1. The molecule has 6 nitrogen and oxygen atoms in total. The highest BCUT2D eigenvalue weighted by atomic mass is 32.1. The molecule has 0 unspecified atom stereocenters. The Labute approximate surface area is 138 Å². The molecule has 0 saturated heterocycles. The van der Waals surface area contributed by atoms with Crippen LogP contribution in [0.15, 0.2) is 18.5 Å². The second-order valence-corrected chi connectivity index (χ2v) is 6.16. The van der Waals surface area contributed by atoms with Gasteiger partial charge in [0.15, 0.2) is 10.9 Å². The van der Waals surface area contributed by atoms with Gasteiger partial charge in [0.25, 0.3) is 0 Å². The highest BCUT2D eigenvalue weighted by molar-refractivity contribution is 7.15. The molecule has 2 aromatic rings. The molecule has 8 heteroatoms. The zero-order valence-electron chi connectivity index (χ0n) is 13.4. The van der Waals surface area contributed by atoms with E-state index in [2.05, 4.69) is 20.6 Å². The third kappa shape index (κ3) is 4.62. The molecule has 0 spiro atoms. The van der Waals surface area contributed by atoms with E-state index >= 15 is 0 Å². The highest BCUT2D eigenvalue weighted by Gasteiger charge is 2.13. The van der Waals surface area contributed by atoms with Gasteiger partial charge in [0.2, 0.25) is 0 Å². The number of nitrogens with zero attached hydrogens (tertiary/aromatic N) is 3. The van der Waals surface area contributed by atoms with Crippen molar-refractivity contribution < 1.29 is 9.18 Å². The van der Waals surface area contributed by atoms with Crippen LogP contribution in [0.5, 0.6) is 0 Å². The first-order valence-corrected chi connectivity index (χ1v) is 8.16. The number of aryl methyl sites for hydroxylation is 2. The van der Waals surface area contributed by atoms with E-state index in [9.17, 15) is 9.18 Å². The summed E-state index contributed by atoms with van der Waals surface area (Å²) in [6.07, 6.45) is 2.50. The van der Waals surface area contributed by atoms with Crippen LogP contribution in [0.3, 0.4) is 0 Å². The third-order valence-corrected chi connectivity index (χ3v) is 4.40. The van der Waals surface area contributed by atoms with Gasteiger partial charge >= 0.3 is 6.03 Å². The zero-order chi connectivity index (χ0) is 16.8. The fourth-order valence-electron chi connectivity index (χ4n) is 1.92. The minimum absolute atomic E-state index is 0.127. The maximum Gasteiger partial charge on any atom is 0.321 e. The lowest BCUT2D eigenvalue weighted by Gasteiger charge is -2.21. The lowest BCUT2D eigenvalue weighted by atomic mass is 10.4. The lowest BCUT2D eigenvalue weighted by Crippen LogP contribution is -2.38. The van der Waals surface area contributed by atoms with E-state index in [1.807, 2.05) is 20.8 Å². The topological polar surface area (TPSA) is 70.2 Å². The molecular weight excluding hydrogens is 317 g/mol. The number of aromatic nitrogens is 2. The number of urea groups is 1. The van der Waals surface area contributed by atoms with E-state index in [4.69, 9.17) is 0 Å². The van der Waals surface area contributed by atoms with Gasteiger partial charge in [-0.1, -0.05) is 0 Å². The molecule has 2 rings (SSSR count). The molecule has 2 heterocycles. The minimum Gasteiger partial charge on any atom is -0.360 e. The van der Waals surface area contributed by atoms with Gasteiger partial charge in [-0.25, -0.2) is 14.2 Å². The van der Waals surface area contributed by atoms with E-state index < -0.39 is 5.82 Å². The summed E-state index contributed by atoms with van der Waals surface area (Å²) in [4.78, 5) is 23.0. The first-order valence-electron chi connectivity index (χ1n) is 7.34. The van der Waals surface area contributed by atoms with Gasteiger partial charge in [-0.2, -0.15) is 0 Å². The molecule has 0 fully saturated rings. The van der Waals surface area contributed by atoms with Crippen molar-refractivity contribution in [1.29, 1.82) is 0 Å². The van der Waals surface area contributed by atoms with E-state index in [0.29, 0.717) is 19.6 Å². The van der Waals surface area contributed by atoms with Gasteiger partial charge in [0.1, 0.15) is 0 Å². The fraction of sp³-hybridized carbons (Fsp3) is 0.400. The summed E-state index contributed by atoms with van der Waals surface area (Å²) in [5.41, 5.74) is 1.14. The molecule has 2 aromatic heterocycles. The Morgan fingerprint density at radius 1 is 1.43 bits per heavy atom. The molecule has 0 aliphatic heterocycles. The average molecular weight is 337 g/mol. The SMILES string of the molecule is CCN(CCNc1nc(C)c(C)s1)C(=O)Nc1ccncc1F. The van der Waals surface area contributed by atoms with Crippen LogP contribution in [0.1, 0.15) is 17.5 Å². The number of halogens is 1. The second-order valence-electron chi connectivity index (χ2n) is 4.95. The molecule has 0 atom stereocenters. The minimum atomic E-state index is -0.552. The number of pyridine rings is 1. The predicted molar refractivity (Wildman–Crippen MR) is 90.5 cm³/mol. The van der Waals surface area contributed by atoms with Crippen molar-refractivity contribution in [2.24, 2.45) is 0 Å². The second kappa shape index (κ2) is 7.87. The number of rotatable bonds is 6. The molecule has 0 bridgehead atoms. The van der Waals surface area contributed by atoms with Crippen molar-refractivity contribution in [2.45, 2.75) is 20.8 Å². The maximum atomic E-state index is 13.5. The highest BCUT2D eigenvalue weighted by Crippen LogP contribution is 2.20. The lowest BCUT2D eigenvalue weighted by molar-refractivity contribution is 0.216. The Morgan fingerprint density at radius 3 is 2.83 bits per heavy atom. The number of anilines is 2. The van der Waals surface area contributed by atoms with Crippen LogP contribution in [0.4, 0.5) is 20.0 Å². The van der Waals surface area contributed by atoms with E-state index in [-0.39, 0.29) is 11.7 Å². The van der Waals surface area contributed by atoms with Gasteiger partial charge in [-0.15, -0.1) is 11.3 Å². The Hall–Kier alpha value is -2.22. The summed E-state index contributed by atoms with van der Waals surface area (Å²) in [5.74, 6) is -0.552. The van der Waals surface area contributed by atoms with Gasteiger partial charge < -0.3 is 15.5 Å². The third-order valence-electron chi connectivity index (χ3n) is 3.37. The normalized spacial score (nSPS) is 10.4. The van der Waals surface area contributed by atoms with E-state index in [0.717, 1.165) is 17.0 Å². The van der Waals surface area contributed by atoms with Crippen LogP contribution >= 0.6 is 11.3 Å². The van der Waals surface area contributed by atoms with Crippen LogP contribution in [0.2, 0.25) is 0 Å². The van der Waals surface area contributed by atoms with Crippen molar-refractivity contribution in [3.63, 3.8) is 0 Å². The van der Waals surface area contributed by atoms with Gasteiger partial charge in [-0.05, 0) is 26.8 Å². The zero-order valence-corrected chi connectivity index (χ0v) is 14.2. The number of likely N-dealkylation sites (N-methyl/N-ethyl adjacent to an activating group) is 1. The summed E-state index contributed by atoms with van der Waals surface area (Å²) in [6.45, 7) is 7.45. The number of carbonyl (C=O) groups excluding carboxylic acids is 1. The van der Waals surface area contributed by atoms with Crippen LogP contribution in [-0.2, 0) is 0 Å². The molecule has 0 aromatic carbocycles. The van der Waals surface area contributed by atoms with Crippen molar-refractivity contribution in [3.8, 4) is 0 Å². The number of carbonyl (C=O) groups is 1. The molecule has 124 valence electrons. The van der Waals surface area contributed by atoms with Crippen LogP contribution in [-0.4, -0.2) is 40.5 Å². The number of hydrogen-bond donors (Lipinski definition) is 2. The van der Waals surface area contributed by atoms with E-state index in [1.54, 1.807) is 16.2 Å². The molecule has 0 radical (unpaired) electrons. The number of amides is 2. The quantitative estimate of drug-likeness (QED) is 0.849. The van der Waals surface area contributed by atoms with Crippen molar-refractivity contribution >= 4 is 28.2 Å². The maximum absolute atomic E-state index is 13.5. The Balaban J connectivity index is 1.86. The summed E-state index contributed by atoms with van der Waals surface area (Å²) in [7, 11) is 0. The summed E-state index contributed by atoms with van der Waals surface area (Å²) in [6, 6.07) is 1.09. The summed E-state index contributed by atoms with van der Waals surface area (Å²) >= 11 is 1.59. The fourth-order valence-corrected chi connectivity index (χ4v) is 2.76. The van der Waals surface area contributed by atoms with E-state index in [1.165, 1.54) is 17.1 Å². The van der Waals surface area contributed by atoms with Crippen molar-refractivity contribution in [2.75, 3.05) is 30.3 Å². The van der Waals surface area contributed by atoms with Gasteiger partial charge in [0.05, 0.1) is 17.6 Å². The van der Waals surface area contributed by atoms with Crippen LogP contribution in [0, 0.1) is 19.7 Å². The molecule has 0 aliphatic rings. The number of thiazole rings is 1. The number of nitrogens with one attached hydrogen (secondary N) is 2. The van der Waals surface area contributed by atoms with Gasteiger partial charge in [0, 0.05) is 30.7 Å². The standard InChI is InChI=1S/C15H20FN5OS/c1-4-21(8-7-18-14-19-10(2)11(3)23-14)15(22)20-13-5-6-17-9-12(13)16/h5-6,9H,4,7-8H2,1-3H3,(H,18,19)(H,17,20,22). The molecule has 2 N–H and O–H groups in total. The largest absolute Gasteiger partial charge is 0.360 e. The predicted octanol–water partition coefficient (Wildman–Crippen LogP) is 3.26. The monoisotopic (exact) mass is 337 g/mol. The van der Waals surface area contributed by atoms with Crippen LogP contribution in [0.25, 0.3) is 0 Å².